The van der Waals surface area contributed by atoms with Gasteiger partial charge in [0.05, 0.1) is 6.54 Å². The van der Waals surface area contributed by atoms with Crippen LogP contribution in [0.5, 0.6) is 0 Å². The number of carbonyl (C=O) groups excluding carboxylic acids is 1. The molecule has 0 aliphatic heterocycles. The van der Waals surface area contributed by atoms with E-state index in [1.807, 2.05) is 22.4 Å². The average molecular weight is 289 g/mol. The molecule has 1 aliphatic carbocycles. The Morgan fingerprint density at radius 1 is 1.40 bits per heavy atom. The number of benzene rings is 1. The van der Waals surface area contributed by atoms with Crippen LogP contribution in [0, 0.1) is 12.7 Å². The SMILES string of the molecule is Cc1cc(C(=O)N(Cc2cccs2)C2CC2)ccc1F. The molecule has 1 aromatic heterocycles. The van der Waals surface area contributed by atoms with E-state index >= 15 is 0 Å². The Morgan fingerprint density at radius 3 is 2.80 bits per heavy atom. The maximum absolute atomic E-state index is 13.3. The van der Waals surface area contributed by atoms with Gasteiger partial charge in [0.2, 0.25) is 0 Å². The van der Waals surface area contributed by atoms with Gasteiger partial charge in [-0.1, -0.05) is 6.07 Å². The molecule has 0 radical (unpaired) electrons. The molecular weight excluding hydrogens is 273 g/mol. The van der Waals surface area contributed by atoms with Crippen molar-refractivity contribution in [3.8, 4) is 0 Å². The first-order valence-electron chi connectivity index (χ1n) is 6.74. The Labute approximate surface area is 121 Å². The maximum atomic E-state index is 13.3. The van der Waals surface area contributed by atoms with E-state index in [9.17, 15) is 9.18 Å². The molecule has 0 unspecified atom stereocenters. The Bertz CT molecular complexity index is 619. The minimum Gasteiger partial charge on any atom is -0.331 e. The van der Waals surface area contributed by atoms with Crippen molar-refractivity contribution >= 4 is 17.2 Å². The summed E-state index contributed by atoms with van der Waals surface area (Å²) in [6.45, 7) is 2.34. The van der Waals surface area contributed by atoms with Crippen LogP contribution < -0.4 is 0 Å². The Morgan fingerprint density at radius 2 is 2.20 bits per heavy atom. The zero-order valence-electron chi connectivity index (χ0n) is 11.3. The van der Waals surface area contributed by atoms with E-state index < -0.39 is 0 Å². The van der Waals surface area contributed by atoms with Crippen molar-refractivity contribution in [2.24, 2.45) is 0 Å². The summed E-state index contributed by atoms with van der Waals surface area (Å²) < 4.78 is 13.3. The summed E-state index contributed by atoms with van der Waals surface area (Å²) in [6.07, 6.45) is 2.13. The van der Waals surface area contributed by atoms with Gasteiger partial charge in [-0.2, -0.15) is 0 Å². The number of rotatable bonds is 4. The number of thiophene rings is 1. The van der Waals surface area contributed by atoms with E-state index in [1.165, 1.54) is 10.9 Å². The molecule has 20 heavy (non-hydrogen) atoms. The number of amides is 1. The second-order valence-corrected chi connectivity index (χ2v) is 6.24. The fraction of sp³-hybridized carbons (Fsp3) is 0.312. The third-order valence-corrected chi connectivity index (χ3v) is 4.42. The van der Waals surface area contributed by atoms with E-state index in [0.29, 0.717) is 23.7 Å². The molecule has 0 saturated heterocycles. The van der Waals surface area contributed by atoms with E-state index in [1.54, 1.807) is 30.4 Å². The molecule has 0 bridgehead atoms. The summed E-state index contributed by atoms with van der Waals surface area (Å²) in [5, 5.41) is 2.02. The van der Waals surface area contributed by atoms with E-state index in [4.69, 9.17) is 0 Å². The fourth-order valence-corrected chi connectivity index (χ4v) is 2.97. The quantitative estimate of drug-likeness (QED) is 0.833. The standard InChI is InChI=1S/C16H16FNOS/c1-11-9-12(4-7-15(11)17)16(19)18(13-5-6-13)10-14-3-2-8-20-14/h2-4,7-9,13H,5-6,10H2,1H3. The normalized spacial score (nSPS) is 14.3. The van der Waals surface area contributed by atoms with Crippen LogP contribution in [-0.2, 0) is 6.54 Å². The van der Waals surface area contributed by atoms with Crippen LogP contribution in [-0.4, -0.2) is 16.8 Å². The van der Waals surface area contributed by atoms with Crippen LogP contribution in [0.2, 0.25) is 0 Å². The number of hydrogen-bond acceptors (Lipinski definition) is 2. The van der Waals surface area contributed by atoms with Gasteiger partial charge in [0.15, 0.2) is 0 Å². The Hall–Kier alpha value is -1.68. The monoisotopic (exact) mass is 289 g/mol. The minimum absolute atomic E-state index is 0.00370. The zero-order chi connectivity index (χ0) is 14.1. The van der Waals surface area contributed by atoms with E-state index in [0.717, 1.165) is 12.8 Å². The molecule has 4 heteroatoms. The summed E-state index contributed by atoms with van der Waals surface area (Å²) in [4.78, 5) is 15.7. The Kier molecular flexibility index (Phi) is 3.57. The van der Waals surface area contributed by atoms with Crippen molar-refractivity contribution in [1.29, 1.82) is 0 Å². The summed E-state index contributed by atoms with van der Waals surface area (Å²) in [5.74, 6) is -0.262. The van der Waals surface area contributed by atoms with Gasteiger partial charge in [0.1, 0.15) is 5.82 Å². The first kappa shape index (κ1) is 13.3. The second kappa shape index (κ2) is 5.37. The summed E-state index contributed by atoms with van der Waals surface area (Å²) in [5.41, 5.74) is 1.09. The van der Waals surface area contributed by atoms with Crippen LogP contribution in [0.15, 0.2) is 35.7 Å². The molecular formula is C16H16FNOS. The molecule has 0 spiro atoms. The molecule has 0 N–H and O–H groups in total. The van der Waals surface area contributed by atoms with Gasteiger partial charge in [-0.25, -0.2) is 4.39 Å². The molecule has 0 atom stereocenters. The van der Waals surface area contributed by atoms with E-state index in [2.05, 4.69) is 0 Å². The van der Waals surface area contributed by atoms with Crippen molar-refractivity contribution in [3.05, 3.63) is 57.5 Å². The predicted octanol–water partition coefficient (Wildman–Crippen LogP) is 4.00. The average Bonchev–Trinajstić information content (AvgIpc) is 3.15. The van der Waals surface area contributed by atoms with Crippen LogP contribution >= 0.6 is 11.3 Å². The Balaban J connectivity index is 1.83. The number of hydrogen-bond donors (Lipinski definition) is 0. The molecule has 1 saturated carbocycles. The van der Waals surface area contributed by atoms with Crippen molar-refractivity contribution in [1.82, 2.24) is 4.90 Å². The molecule has 3 rings (SSSR count). The van der Waals surface area contributed by atoms with Crippen molar-refractivity contribution in [2.45, 2.75) is 32.4 Å². The van der Waals surface area contributed by atoms with Crippen molar-refractivity contribution in [3.63, 3.8) is 0 Å². The van der Waals surface area contributed by atoms with E-state index in [-0.39, 0.29) is 11.7 Å². The number of carbonyl (C=O) groups is 1. The third-order valence-electron chi connectivity index (χ3n) is 3.56. The lowest BCUT2D eigenvalue weighted by molar-refractivity contribution is 0.0731. The lowest BCUT2D eigenvalue weighted by Gasteiger charge is -2.22. The lowest BCUT2D eigenvalue weighted by Crippen LogP contribution is -2.32. The summed E-state index contributed by atoms with van der Waals surface area (Å²) in [7, 11) is 0. The van der Waals surface area contributed by atoms with Crippen LogP contribution in [0.4, 0.5) is 4.39 Å². The highest BCUT2D eigenvalue weighted by Crippen LogP contribution is 2.30. The van der Waals surface area contributed by atoms with Gasteiger partial charge < -0.3 is 4.90 Å². The zero-order valence-corrected chi connectivity index (χ0v) is 12.1. The van der Waals surface area contributed by atoms with Gasteiger partial charge >= 0.3 is 0 Å². The predicted molar refractivity (Wildman–Crippen MR) is 78.4 cm³/mol. The van der Waals surface area contributed by atoms with Gasteiger partial charge in [-0.15, -0.1) is 11.3 Å². The maximum Gasteiger partial charge on any atom is 0.254 e. The number of aryl methyl sites for hydroxylation is 1. The first-order valence-corrected chi connectivity index (χ1v) is 7.62. The lowest BCUT2D eigenvalue weighted by atomic mass is 10.1. The topological polar surface area (TPSA) is 20.3 Å². The molecule has 2 nitrogen and oxygen atoms in total. The van der Waals surface area contributed by atoms with Gasteiger partial charge in [0, 0.05) is 16.5 Å². The van der Waals surface area contributed by atoms with Crippen molar-refractivity contribution in [2.75, 3.05) is 0 Å². The summed E-state index contributed by atoms with van der Waals surface area (Å²) >= 11 is 1.66. The molecule has 2 aromatic rings. The molecule has 1 fully saturated rings. The van der Waals surface area contributed by atoms with Crippen LogP contribution in [0.3, 0.4) is 0 Å². The van der Waals surface area contributed by atoms with Crippen LogP contribution in [0.1, 0.15) is 33.6 Å². The highest BCUT2D eigenvalue weighted by atomic mass is 32.1. The smallest absolute Gasteiger partial charge is 0.254 e. The summed E-state index contributed by atoms with van der Waals surface area (Å²) in [6, 6.07) is 8.98. The molecule has 1 amide bonds. The van der Waals surface area contributed by atoms with Gasteiger partial charge in [-0.3, -0.25) is 4.79 Å². The first-order chi connectivity index (χ1) is 9.65. The molecule has 104 valence electrons. The largest absolute Gasteiger partial charge is 0.331 e. The second-order valence-electron chi connectivity index (χ2n) is 5.21. The van der Waals surface area contributed by atoms with Crippen molar-refractivity contribution < 1.29 is 9.18 Å². The van der Waals surface area contributed by atoms with Gasteiger partial charge in [0.25, 0.3) is 5.91 Å². The minimum atomic E-state index is -0.266. The van der Waals surface area contributed by atoms with Gasteiger partial charge in [-0.05, 0) is 55.0 Å². The molecule has 1 heterocycles. The highest BCUT2D eigenvalue weighted by molar-refractivity contribution is 7.09. The molecule has 1 aromatic carbocycles. The highest BCUT2D eigenvalue weighted by Gasteiger charge is 2.33. The third kappa shape index (κ3) is 2.75. The molecule has 1 aliphatic rings. The van der Waals surface area contributed by atoms with Crippen LogP contribution in [0.25, 0.3) is 0 Å². The fourth-order valence-electron chi connectivity index (χ4n) is 2.27. The number of nitrogens with zero attached hydrogens (tertiary/aromatic N) is 1. The number of halogens is 1.